The summed E-state index contributed by atoms with van der Waals surface area (Å²) < 4.78 is 0. The molecule has 0 aromatic carbocycles. The van der Waals surface area contributed by atoms with E-state index in [-0.39, 0.29) is 17.1 Å². The molecule has 0 bridgehead atoms. The minimum atomic E-state index is -0.279. The molecule has 0 radical (unpaired) electrons. The van der Waals surface area contributed by atoms with Crippen molar-refractivity contribution in [3.63, 3.8) is 0 Å². The van der Waals surface area contributed by atoms with Crippen LogP contribution in [-0.4, -0.2) is 27.6 Å². The predicted octanol–water partition coefficient (Wildman–Crippen LogP) is 1.53. The normalized spacial score (nSPS) is 11.0. The van der Waals surface area contributed by atoms with Gasteiger partial charge < -0.3 is 5.32 Å². The number of rotatable bonds is 5. The molecule has 0 unspecified atom stereocenters. The molecular weight excluding hydrogens is 230 g/mol. The Hall–Kier alpha value is -1.90. The Morgan fingerprint density at radius 3 is 2.72 bits per heavy atom. The van der Waals surface area contributed by atoms with Gasteiger partial charge in [0.1, 0.15) is 5.82 Å². The maximum atomic E-state index is 11.7. The molecule has 0 saturated heterocycles. The second kappa shape index (κ2) is 6.15. The average molecular weight is 249 g/mol. The number of H-pyrrole nitrogens is 1. The van der Waals surface area contributed by atoms with Gasteiger partial charge in [-0.15, -0.1) is 5.10 Å². The second-order valence-corrected chi connectivity index (χ2v) is 5.13. The Kier molecular flexibility index (Phi) is 4.84. The van der Waals surface area contributed by atoms with E-state index in [1.165, 1.54) is 0 Å². The number of aromatic amines is 1. The van der Waals surface area contributed by atoms with E-state index in [9.17, 15) is 4.79 Å². The van der Waals surface area contributed by atoms with Crippen molar-refractivity contribution in [3.05, 3.63) is 11.6 Å². The van der Waals surface area contributed by atoms with Crippen LogP contribution in [-0.2, 0) is 5.41 Å². The van der Waals surface area contributed by atoms with Gasteiger partial charge in [0, 0.05) is 18.4 Å². The zero-order valence-electron chi connectivity index (χ0n) is 11.1. The van der Waals surface area contributed by atoms with E-state index in [0.29, 0.717) is 18.8 Å². The first kappa shape index (κ1) is 14.2. The van der Waals surface area contributed by atoms with Crippen LogP contribution in [0.25, 0.3) is 0 Å². The van der Waals surface area contributed by atoms with Crippen LogP contribution in [0.1, 0.15) is 56.5 Å². The lowest BCUT2D eigenvalue weighted by Crippen LogP contribution is -2.25. The first-order chi connectivity index (χ1) is 8.45. The zero-order valence-corrected chi connectivity index (χ0v) is 11.1. The van der Waals surface area contributed by atoms with Crippen molar-refractivity contribution in [2.45, 2.75) is 45.4 Å². The Bertz CT molecular complexity index is 438. The van der Waals surface area contributed by atoms with Crippen molar-refractivity contribution in [2.75, 3.05) is 6.54 Å². The molecule has 0 fully saturated rings. The van der Waals surface area contributed by atoms with Gasteiger partial charge >= 0.3 is 0 Å². The molecule has 1 aromatic rings. The van der Waals surface area contributed by atoms with Crippen LogP contribution in [0, 0.1) is 11.3 Å². The summed E-state index contributed by atoms with van der Waals surface area (Å²) in [6.07, 6.45) is 2.10. The van der Waals surface area contributed by atoms with Crippen molar-refractivity contribution < 1.29 is 4.79 Å². The molecule has 18 heavy (non-hydrogen) atoms. The predicted molar refractivity (Wildman–Crippen MR) is 66.9 cm³/mol. The second-order valence-electron chi connectivity index (χ2n) is 5.13. The van der Waals surface area contributed by atoms with E-state index in [2.05, 4.69) is 26.6 Å². The van der Waals surface area contributed by atoms with E-state index in [1.807, 2.05) is 20.8 Å². The number of nitriles is 1. The Balaban J connectivity index is 2.43. The van der Waals surface area contributed by atoms with E-state index in [4.69, 9.17) is 5.26 Å². The van der Waals surface area contributed by atoms with Gasteiger partial charge in [-0.3, -0.25) is 9.89 Å². The SMILES string of the molecule is CC(C)(C)c1nc(C(=O)NCCCCC#N)n[nH]1. The number of carbonyl (C=O) groups is 1. The highest BCUT2D eigenvalue weighted by Gasteiger charge is 2.20. The molecule has 1 heterocycles. The number of unbranched alkanes of at least 4 members (excludes halogenated alkanes) is 2. The van der Waals surface area contributed by atoms with Gasteiger partial charge in [0.15, 0.2) is 0 Å². The summed E-state index contributed by atoms with van der Waals surface area (Å²) in [5.74, 6) is 0.580. The molecule has 6 nitrogen and oxygen atoms in total. The average Bonchev–Trinajstić information content (AvgIpc) is 2.77. The third-order valence-electron chi connectivity index (χ3n) is 2.40. The summed E-state index contributed by atoms with van der Waals surface area (Å²) in [6, 6.07) is 2.07. The fraction of sp³-hybridized carbons (Fsp3) is 0.667. The zero-order chi connectivity index (χ0) is 13.6. The molecular formula is C12H19N5O. The van der Waals surface area contributed by atoms with Gasteiger partial charge in [-0.1, -0.05) is 20.8 Å². The molecule has 0 atom stereocenters. The van der Waals surface area contributed by atoms with Crippen molar-refractivity contribution in [1.82, 2.24) is 20.5 Å². The standard InChI is InChI=1S/C12H19N5O/c1-12(2,3)11-15-9(16-17-11)10(18)14-8-6-4-5-7-13/h4-6,8H2,1-3H3,(H,14,18)(H,15,16,17). The van der Waals surface area contributed by atoms with Crippen molar-refractivity contribution >= 4 is 5.91 Å². The largest absolute Gasteiger partial charge is 0.349 e. The lowest BCUT2D eigenvalue weighted by Gasteiger charge is -2.12. The molecule has 0 aliphatic carbocycles. The van der Waals surface area contributed by atoms with Crippen molar-refractivity contribution in [1.29, 1.82) is 5.26 Å². The molecule has 1 aromatic heterocycles. The summed E-state index contributed by atoms with van der Waals surface area (Å²) in [5, 5.41) is 17.8. The van der Waals surface area contributed by atoms with Crippen LogP contribution in [0.15, 0.2) is 0 Å². The molecule has 0 aliphatic heterocycles. The van der Waals surface area contributed by atoms with E-state index >= 15 is 0 Å². The van der Waals surface area contributed by atoms with Gasteiger partial charge in [0.25, 0.3) is 5.91 Å². The molecule has 0 aliphatic rings. The summed E-state index contributed by atoms with van der Waals surface area (Å²) in [7, 11) is 0. The number of hydrogen-bond acceptors (Lipinski definition) is 4. The molecule has 98 valence electrons. The Morgan fingerprint density at radius 2 is 2.17 bits per heavy atom. The summed E-state index contributed by atoms with van der Waals surface area (Å²) in [5.41, 5.74) is -0.154. The third-order valence-corrected chi connectivity index (χ3v) is 2.40. The Labute approximate surface area is 107 Å². The molecule has 0 saturated carbocycles. The number of amides is 1. The number of hydrogen-bond donors (Lipinski definition) is 2. The lowest BCUT2D eigenvalue weighted by molar-refractivity contribution is 0.0943. The fourth-order valence-corrected chi connectivity index (χ4v) is 1.31. The van der Waals surface area contributed by atoms with Crippen LogP contribution in [0.2, 0.25) is 0 Å². The van der Waals surface area contributed by atoms with E-state index in [0.717, 1.165) is 12.8 Å². The smallest absolute Gasteiger partial charge is 0.290 e. The highest BCUT2D eigenvalue weighted by atomic mass is 16.2. The number of nitrogens with one attached hydrogen (secondary N) is 2. The molecule has 6 heteroatoms. The summed E-state index contributed by atoms with van der Waals surface area (Å²) in [6.45, 7) is 6.53. The monoisotopic (exact) mass is 249 g/mol. The van der Waals surface area contributed by atoms with Crippen molar-refractivity contribution in [2.24, 2.45) is 0 Å². The van der Waals surface area contributed by atoms with Gasteiger partial charge in [0.2, 0.25) is 5.82 Å². The van der Waals surface area contributed by atoms with Gasteiger partial charge in [0.05, 0.1) is 6.07 Å². The van der Waals surface area contributed by atoms with Crippen molar-refractivity contribution in [3.8, 4) is 6.07 Å². The first-order valence-corrected chi connectivity index (χ1v) is 6.03. The number of nitrogens with zero attached hydrogens (tertiary/aromatic N) is 3. The van der Waals surface area contributed by atoms with Gasteiger partial charge in [-0.05, 0) is 12.8 Å². The highest BCUT2D eigenvalue weighted by molar-refractivity contribution is 5.90. The lowest BCUT2D eigenvalue weighted by atomic mass is 9.96. The molecule has 2 N–H and O–H groups in total. The summed E-state index contributed by atoms with van der Waals surface area (Å²) >= 11 is 0. The first-order valence-electron chi connectivity index (χ1n) is 6.03. The number of aromatic nitrogens is 3. The fourth-order valence-electron chi connectivity index (χ4n) is 1.31. The maximum absolute atomic E-state index is 11.7. The van der Waals surface area contributed by atoms with Crippen LogP contribution in [0.5, 0.6) is 0 Å². The van der Waals surface area contributed by atoms with Gasteiger partial charge in [-0.2, -0.15) is 5.26 Å². The highest BCUT2D eigenvalue weighted by Crippen LogP contribution is 2.17. The molecule has 0 spiro atoms. The third kappa shape index (κ3) is 4.17. The quantitative estimate of drug-likeness (QED) is 0.773. The van der Waals surface area contributed by atoms with Gasteiger partial charge in [-0.25, -0.2) is 4.98 Å². The van der Waals surface area contributed by atoms with E-state index in [1.54, 1.807) is 0 Å². The van der Waals surface area contributed by atoms with Crippen LogP contribution < -0.4 is 5.32 Å². The van der Waals surface area contributed by atoms with Crippen LogP contribution in [0.4, 0.5) is 0 Å². The Morgan fingerprint density at radius 1 is 1.44 bits per heavy atom. The molecule has 1 amide bonds. The van der Waals surface area contributed by atoms with Crippen LogP contribution >= 0.6 is 0 Å². The maximum Gasteiger partial charge on any atom is 0.290 e. The minimum Gasteiger partial charge on any atom is -0.349 e. The number of carbonyl (C=O) groups excluding carboxylic acids is 1. The topological polar surface area (TPSA) is 94.5 Å². The van der Waals surface area contributed by atoms with E-state index < -0.39 is 0 Å². The molecule has 1 rings (SSSR count). The minimum absolute atomic E-state index is 0.154. The van der Waals surface area contributed by atoms with Crippen LogP contribution in [0.3, 0.4) is 0 Å². The summed E-state index contributed by atoms with van der Waals surface area (Å²) in [4.78, 5) is 15.9.